The van der Waals surface area contributed by atoms with Crippen LogP contribution in [0.5, 0.6) is 0 Å². The molecule has 0 aromatic carbocycles. The molecule has 0 heterocycles. The Labute approximate surface area is 121 Å². The molecule has 0 spiro atoms. The molecule has 0 radical (unpaired) electrons. The fraction of sp³-hybridized carbons (Fsp3) is 0.933. The molecule has 0 aliphatic carbocycles. The molecule has 3 nitrogen and oxygen atoms in total. The monoisotopic (exact) mass is 286 g/mol. The highest BCUT2D eigenvalue weighted by molar-refractivity contribution is 6.71. The Kier molecular flexibility index (Phi) is 9.36. The Morgan fingerprint density at radius 3 is 2.26 bits per heavy atom. The van der Waals surface area contributed by atoms with Crippen LogP contribution in [0.1, 0.15) is 46.5 Å². The summed E-state index contributed by atoms with van der Waals surface area (Å²) in [5.74, 6) is 0.620. The van der Waals surface area contributed by atoms with E-state index in [1.807, 2.05) is 19.1 Å². The summed E-state index contributed by atoms with van der Waals surface area (Å²) in [7, 11) is 2.57. The van der Waals surface area contributed by atoms with Gasteiger partial charge in [-0.15, -0.1) is 0 Å². The van der Waals surface area contributed by atoms with E-state index in [9.17, 15) is 0 Å². The molecule has 0 aromatic rings. The van der Waals surface area contributed by atoms with Crippen molar-refractivity contribution in [2.75, 3.05) is 20.7 Å². The van der Waals surface area contributed by atoms with Gasteiger partial charge in [-0.05, 0) is 51.2 Å². The van der Waals surface area contributed by atoms with Crippen LogP contribution in [0, 0.1) is 5.92 Å². The minimum atomic E-state index is -1.46. The summed E-state index contributed by atoms with van der Waals surface area (Å²) in [5, 5.41) is 6.65. The first kappa shape index (κ1) is 18.6. The molecule has 0 saturated carbocycles. The van der Waals surface area contributed by atoms with E-state index in [4.69, 9.17) is 9.53 Å². The zero-order chi connectivity index (χ0) is 14.9. The maximum atomic E-state index is 5.93. The van der Waals surface area contributed by atoms with Crippen molar-refractivity contribution in [2.24, 2.45) is 11.0 Å². The Morgan fingerprint density at radius 1 is 1.21 bits per heavy atom. The molecular formula is C15H34N2OSi. The summed E-state index contributed by atoms with van der Waals surface area (Å²) in [4.78, 5) is 0. The van der Waals surface area contributed by atoms with Crippen molar-refractivity contribution >= 4 is 14.0 Å². The molecule has 0 aromatic heterocycles. The largest absolute Gasteiger partial charge is 0.418 e. The van der Waals surface area contributed by atoms with Crippen LogP contribution in [-0.4, -0.2) is 39.7 Å². The molecule has 0 bridgehead atoms. The molecule has 4 heteroatoms. The lowest BCUT2D eigenvalue weighted by Crippen LogP contribution is -2.31. The Hall–Kier alpha value is -0.353. The van der Waals surface area contributed by atoms with Crippen molar-refractivity contribution in [3.8, 4) is 0 Å². The molecule has 0 aliphatic heterocycles. The summed E-state index contributed by atoms with van der Waals surface area (Å²) >= 11 is 0. The molecular weight excluding hydrogens is 252 g/mol. The van der Waals surface area contributed by atoms with Gasteiger partial charge in [0.15, 0.2) is 8.32 Å². The number of hydrogen-bond acceptors (Lipinski definition) is 3. The van der Waals surface area contributed by atoms with Crippen molar-refractivity contribution in [2.45, 2.75) is 65.6 Å². The average molecular weight is 287 g/mol. The Morgan fingerprint density at radius 2 is 1.84 bits per heavy atom. The third-order valence-electron chi connectivity index (χ3n) is 3.43. The Balaban J connectivity index is 4.61. The molecule has 0 saturated heterocycles. The summed E-state index contributed by atoms with van der Waals surface area (Å²) in [5.41, 5.74) is 1.37. The molecule has 0 rings (SSSR count). The van der Waals surface area contributed by atoms with E-state index in [0.717, 1.165) is 13.0 Å². The highest BCUT2D eigenvalue weighted by atomic mass is 28.4. The highest BCUT2D eigenvalue weighted by Crippen LogP contribution is 2.23. The summed E-state index contributed by atoms with van der Waals surface area (Å²) in [6.07, 6.45) is 4.70. The second-order valence-electron chi connectivity index (χ2n) is 6.03. The number of rotatable bonds is 10. The first-order chi connectivity index (χ1) is 8.86. The van der Waals surface area contributed by atoms with Gasteiger partial charge >= 0.3 is 0 Å². The van der Waals surface area contributed by atoms with E-state index >= 15 is 0 Å². The first-order valence-corrected chi connectivity index (χ1v) is 10.9. The number of hydrazone groups is 1. The van der Waals surface area contributed by atoms with E-state index in [0.29, 0.717) is 5.92 Å². The highest BCUT2D eigenvalue weighted by Gasteiger charge is 2.24. The lowest BCUT2D eigenvalue weighted by Gasteiger charge is -2.26. The zero-order valence-electron chi connectivity index (χ0n) is 14.1. The average Bonchev–Trinajstić information content (AvgIpc) is 2.28. The predicted octanol–water partition coefficient (Wildman–Crippen LogP) is 4.36. The van der Waals surface area contributed by atoms with Crippen molar-refractivity contribution in [1.29, 1.82) is 0 Å². The normalized spacial score (nSPS) is 14.6. The van der Waals surface area contributed by atoms with Crippen LogP contribution in [0.4, 0.5) is 0 Å². The first-order valence-electron chi connectivity index (χ1n) is 7.74. The van der Waals surface area contributed by atoms with Gasteiger partial charge in [0.25, 0.3) is 0 Å². The molecule has 1 unspecified atom stereocenters. The smallest absolute Gasteiger partial charge is 0.186 e. The molecule has 0 N–H and O–H groups in total. The molecule has 1 atom stereocenters. The van der Waals surface area contributed by atoms with Crippen LogP contribution in [0.25, 0.3) is 0 Å². The van der Waals surface area contributed by atoms with Gasteiger partial charge in [0.1, 0.15) is 0 Å². The van der Waals surface area contributed by atoms with E-state index in [1.54, 1.807) is 0 Å². The summed E-state index contributed by atoms with van der Waals surface area (Å²) in [6.45, 7) is 12.1. The van der Waals surface area contributed by atoms with Gasteiger partial charge in [0.05, 0.1) is 0 Å². The minimum Gasteiger partial charge on any atom is -0.418 e. The standard InChI is InChI=1S/C15H34N2OSi/c1-8-11-15(16-17(4)5)14(9-2)12-13-19(6,7)18-10-3/h14H,8-13H2,1-7H3/b16-15+. The fourth-order valence-electron chi connectivity index (χ4n) is 2.44. The zero-order valence-corrected chi connectivity index (χ0v) is 15.1. The second-order valence-corrected chi connectivity index (χ2v) is 10.3. The summed E-state index contributed by atoms with van der Waals surface area (Å²) < 4.78 is 5.93. The van der Waals surface area contributed by atoms with Crippen LogP contribution < -0.4 is 0 Å². The van der Waals surface area contributed by atoms with Crippen LogP contribution in [0.15, 0.2) is 5.10 Å². The third kappa shape index (κ3) is 8.42. The van der Waals surface area contributed by atoms with Crippen LogP contribution in [0.2, 0.25) is 19.1 Å². The maximum Gasteiger partial charge on any atom is 0.186 e. The van der Waals surface area contributed by atoms with E-state index in [2.05, 4.69) is 33.9 Å². The minimum absolute atomic E-state index is 0.620. The van der Waals surface area contributed by atoms with Gasteiger partial charge in [-0.3, -0.25) is 0 Å². The van der Waals surface area contributed by atoms with Gasteiger partial charge < -0.3 is 9.43 Å². The van der Waals surface area contributed by atoms with Crippen molar-refractivity contribution in [3.05, 3.63) is 0 Å². The topological polar surface area (TPSA) is 24.8 Å². The van der Waals surface area contributed by atoms with Gasteiger partial charge in [-0.25, -0.2) is 0 Å². The van der Waals surface area contributed by atoms with Crippen LogP contribution >= 0.6 is 0 Å². The van der Waals surface area contributed by atoms with Crippen molar-refractivity contribution in [1.82, 2.24) is 5.01 Å². The Bertz CT molecular complexity index is 265. The number of nitrogens with zero attached hydrogens (tertiary/aromatic N) is 2. The molecule has 19 heavy (non-hydrogen) atoms. The fourth-order valence-corrected chi connectivity index (χ4v) is 4.41. The van der Waals surface area contributed by atoms with Gasteiger partial charge in [0, 0.05) is 26.4 Å². The SMILES string of the molecule is CCC/C(=N\N(C)C)C(CC)CC[Si](C)(C)OCC. The van der Waals surface area contributed by atoms with Gasteiger partial charge in [-0.2, -0.15) is 5.10 Å². The van der Waals surface area contributed by atoms with Crippen molar-refractivity contribution in [3.63, 3.8) is 0 Å². The maximum absolute atomic E-state index is 5.93. The quantitative estimate of drug-likeness (QED) is 0.338. The van der Waals surface area contributed by atoms with Crippen molar-refractivity contribution < 1.29 is 4.43 Å². The molecule has 114 valence electrons. The van der Waals surface area contributed by atoms with Crippen LogP contribution in [-0.2, 0) is 4.43 Å². The lowest BCUT2D eigenvalue weighted by atomic mass is 9.94. The van der Waals surface area contributed by atoms with Gasteiger partial charge in [0.2, 0.25) is 0 Å². The number of hydrogen-bond donors (Lipinski definition) is 0. The molecule has 0 amide bonds. The van der Waals surface area contributed by atoms with E-state index in [-0.39, 0.29) is 0 Å². The molecule has 0 aliphatic rings. The third-order valence-corrected chi connectivity index (χ3v) is 5.99. The van der Waals surface area contributed by atoms with E-state index < -0.39 is 8.32 Å². The van der Waals surface area contributed by atoms with Crippen LogP contribution in [0.3, 0.4) is 0 Å². The predicted molar refractivity (Wildman–Crippen MR) is 88.3 cm³/mol. The van der Waals surface area contributed by atoms with Gasteiger partial charge in [-0.1, -0.05) is 20.3 Å². The summed E-state index contributed by atoms with van der Waals surface area (Å²) in [6, 6.07) is 1.23. The lowest BCUT2D eigenvalue weighted by molar-refractivity contribution is 0.326. The van der Waals surface area contributed by atoms with E-state index in [1.165, 1.54) is 31.0 Å². The second kappa shape index (κ2) is 9.53. The molecule has 0 fully saturated rings.